The third kappa shape index (κ3) is 8.86. The summed E-state index contributed by atoms with van der Waals surface area (Å²) in [5.41, 5.74) is 0. The minimum absolute atomic E-state index is 0.299. The molecule has 0 radical (unpaired) electrons. The number of phenolic OH excluding ortho intramolecular Hbond substituents is 1. The van der Waals surface area contributed by atoms with Crippen LogP contribution in [0.2, 0.25) is 0 Å². The highest BCUT2D eigenvalue weighted by molar-refractivity contribution is 5.21. The van der Waals surface area contributed by atoms with Crippen molar-refractivity contribution in [2.45, 2.75) is 34.1 Å². The molecular formula is C11H19FO. The predicted octanol–water partition coefficient (Wildman–Crippen LogP) is 3.97. The van der Waals surface area contributed by atoms with Crippen molar-refractivity contribution >= 4 is 0 Å². The summed E-state index contributed by atoms with van der Waals surface area (Å²) in [6, 6.07) is 5.60. The number of phenols is 1. The van der Waals surface area contributed by atoms with Crippen molar-refractivity contribution in [3.63, 3.8) is 0 Å². The van der Waals surface area contributed by atoms with Gasteiger partial charge in [0, 0.05) is 0 Å². The fourth-order valence-electron chi connectivity index (χ4n) is 0.452. The van der Waals surface area contributed by atoms with Crippen LogP contribution in [0.5, 0.6) is 5.75 Å². The van der Waals surface area contributed by atoms with Crippen molar-refractivity contribution in [3.8, 4) is 5.75 Å². The van der Waals surface area contributed by atoms with Gasteiger partial charge in [0.2, 0.25) is 0 Å². The molecule has 1 aromatic rings. The summed E-state index contributed by atoms with van der Waals surface area (Å²) in [6.45, 7) is 8.25. The zero-order valence-electron chi connectivity index (χ0n) is 8.84. The van der Waals surface area contributed by atoms with Crippen LogP contribution in [0, 0.1) is 5.82 Å². The average molecular weight is 186 g/mol. The molecule has 2 heteroatoms. The highest BCUT2D eigenvalue weighted by Gasteiger charge is 1.91. The van der Waals surface area contributed by atoms with Gasteiger partial charge >= 0.3 is 0 Å². The van der Waals surface area contributed by atoms with Crippen molar-refractivity contribution in [2.75, 3.05) is 0 Å². The Morgan fingerprint density at radius 1 is 1.15 bits per heavy atom. The molecule has 0 unspecified atom stereocenters. The van der Waals surface area contributed by atoms with Crippen LogP contribution in [-0.2, 0) is 0 Å². The monoisotopic (exact) mass is 186 g/mol. The van der Waals surface area contributed by atoms with Gasteiger partial charge in [-0.3, -0.25) is 0 Å². The first-order chi connectivity index (χ1) is 6.22. The quantitative estimate of drug-likeness (QED) is 0.650. The van der Waals surface area contributed by atoms with Crippen molar-refractivity contribution in [1.82, 2.24) is 0 Å². The van der Waals surface area contributed by atoms with Crippen molar-refractivity contribution in [1.29, 1.82) is 0 Å². The smallest absolute Gasteiger partial charge is 0.164 e. The van der Waals surface area contributed by atoms with E-state index in [1.54, 1.807) is 6.07 Å². The number of benzene rings is 1. The Morgan fingerprint density at radius 2 is 1.54 bits per heavy atom. The van der Waals surface area contributed by atoms with Crippen molar-refractivity contribution < 1.29 is 9.50 Å². The molecule has 0 bridgehead atoms. The second-order valence-corrected chi connectivity index (χ2v) is 2.16. The van der Waals surface area contributed by atoms with E-state index in [9.17, 15) is 4.39 Å². The summed E-state index contributed by atoms with van der Waals surface area (Å²) in [7, 11) is 0. The Morgan fingerprint density at radius 3 is 1.77 bits per heavy atom. The van der Waals surface area contributed by atoms with Gasteiger partial charge in [0.05, 0.1) is 0 Å². The molecule has 0 heterocycles. The zero-order valence-corrected chi connectivity index (χ0v) is 8.84. The van der Waals surface area contributed by atoms with Gasteiger partial charge in [0.25, 0.3) is 0 Å². The van der Waals surface area contributed by atoms with E-state index < -0.39 is 5.82 Å². The standard InChI is InChI=1S/C6H5FO.C3H8.C2H6/c7-5-3-1-2-4-6(5)8;1-3-2;1-2/h1-4,8H;3H2,1-2H3;1-2H3. The number of hydrogen-bond donors (Lipinski definition) is 1. The molecule has 1 nitrogen and oxygen atoms in total. The maximum absolute atomic E-state index is 12.1. The van der Waals surface area contributed by atoms with E-state index in [0.717, 1.165) is 0 Å². The second kappa shape index (κ2) is 11.0. The fraction of sp³-hybridized carbons (Fsp3) is 0.455. The first-order valence-electron chi connectivity index (χ1n) is 4.65. The largest absolute Gasteiger partial charge is 0.505 e. The van der Waals surface area contributed by atoms with E-state index in [1.807, 2.05) is 13.8 Å². The van der Waals surface area contributed by atoms with E-state index >= 15 is 0 Å². The topological polar surface area (TPSA) is 20.2 Å². The molecule has 1 aromatic carbocycles. The van der Waals surface area contributed by atoms with Crippen LogP contribution in [-0.4, -0.2) is 5.11 Å². The molecule has 0 saturated heterocycles. The van der Waals surface area contributed by atoms with Crippen LogP contribution in [0.25, 0.3) is 0 Å². The molecule has 0 aliphatic rings. The van der Waals surface area contributed by atoms with Crippen molar-refractivity contribution in [3.05, 3.63) is 30.1 Å². The van der Waals surface area contributed by atoms with E-state index in [2.05, 4.69) is 13.8 Å². The highest BCUT2D eigenvalue weighted by Crippen LogP contribution is 2.11. The lowest BCUT2D eigenvalue weighted by atomic mass is 10.3. The van der Waals surface area contributed by atoms with Gasteiger partial charge in [-0.15, -0.1) is 0 Å². The van der Waals surface area contributed by atoms with Crippen LogP contribution in [0.15, 0.2) is 24.3 Å². The lowest BCUT2D eigenvalue weighted by molar-refractivity contribution is 0.432. The molecule has 0 saturated carbocycles. The molecule has 1 rings (SSSR count). The predicted molar refractivity (Wildman–Crippen MR) is 55.4 cm³/mol. The maximum Gasteiger partial charge on any atom is 0.164 e. The molecule has 1 N–H and O–H groups in total. The van der Waals surface area contributed by atoms with Crippen LogP contribution in [0.3, 0.4) is 0 Å². The third-order valence-corrected chi connectivity index (χ3v) is 0.852. The lowest BCUT2D eigenvalue weighted by Gasteiger charge is -1.88. The summed E-state index contributed by atoms with van der Waals surface area (Å²) < 4.78 is 12.1. The Kier molecular flexibility index (Phi) is 12.2. The average Bonchev–Trinajstić information content (AvgIpc) is 2.15. The summed E-state index contributed by atoms with van der Waals surface area (Å²) in [5, 5.41) is 8.54. The highest BCUT2D eigenvalue weighted by atomic mass is 19.1. The third-order valence-electron chi connectivity index (χ3n) is 0.852. The molecule has 0 atom stereocenters. The van der Waals surface area contributed by atoms with Crippen LogP contribution in [0.4, 0.5) is 4.39 Å². The molecular weight excluding hydrogens is 167 g/mol. The van der Waals surface area contributed by atoms with Gasteiger partial charge in [-0.1, -0.05) is 46.2 Å². The van der Waals surface area contributed by atoms with Crippen LogP contribution >= 0.6 is 0 Å². The van der Waals surface area contributed by atoms with Crippen LogP contribution in [0.1, 0.15) is 34.1 Å². The Hall–Kier alpha value is -1.05. The van der Waals surface area contributed by atoms with E-state index in [4.69, 9.17) is 5.11 Å². The molecule has 0 aromatic heterocycles. The molecule has 0 aliphatic heterocycles. The van der Waals surface area contributed by atoms with E-state index in [0.29, 0.717) is 0 Å². The summed E-state index contributed by atoms with van der Waals surface area (Å²) in [5.74, 6) is -0.875. The van der Waals surface area contributed by atoms with Crippen LogP contribution < -0.4 is 0 Å². The normalized spacial score (nSPS) is 7.46. The minimum atomic E-state index is -0.576. The molecule has 0 aliphatic carbocycles. The zero-order chi connectivity index (χ0) is 10.7. The molecule has 0 fully saturated rings. The first-order valence-corrected chi connectivity index (χ1v) is 4.65. The summed E-state index contributed by atoms with van der Waals surface area (Å²) >= 11 is 0. The molecule has 0 spiro atoms. The number of aromatic hydroxyl groups is 1. The summed E-state index contributed by atoms with van der Waals surface area (Å²) in [4.78, 5) is 0. The van der Waals surface area contributed by atoms with Crippen molar-refractivity contribution in [2.24, 2.45) is 0 Å². The van der Waals surface area contributed by atoms with Gasteiger partial charge < -0.3 is 5.11 Å². The maximum atomic E-state index is 12.1. The van der Waals surface area contributed by atoms with Gasteiger partial charge in [0.15, 0.2) is 11.6 Å². The fourth-order valence-corrected chi connectivity index (χ4v) is 0.452. The summed E-state index contributed by atoms with van der Waals surface area (Å²) in [6.07, 6.45) is 1.25. The molecule has 0 amide bonds. The number of halogens is 1. The Bertz CT molecular complexity index is 178. The second-order valence-electron chi connectivity index (χ2n) is 2.16. The SMILES string of the molecule is CC.CCC.Oc1ccccc1F. The molecule has 76 valence electrons. The number of rotatable bonds is 0. The first kappa shape index (κ1) is 14.5. The van der Waals surface area contributed by atoms with Gasteiger partial charge in [-0.25, -0.2) is 4.39 Å². The van der Waals surface area contributed by atoms with E-state index in [-0.39, 0.29) is 5.75 Å². The number of para-hydroxylation sites is 1. The minimum Gasteiger partial charge on any atom is -0.505 e. The van der Waals surface area contributed by atoms with Gasteiger partial charge in [-0.05, 0) is 12.1 Å². The molecule has 13 heavy (non-hydrogen) atoms. The van der Waals surface area contributed by atoms with Gasteiger partial charge in [-0.2, -0.15) is 0 Å². The number of hydrogen-bond acceptors (Lipinski definition) is 1. The van der Waals surface area contributed by atoms with E-state index in [1.165, 1.54) is 24.6 Å². The Labute approximate surface area is 80.2 Å². The van der Waals surface area contributed by atoms with Gasteiger partial charge in [0.1, 0.15) is 0 Å². The Balaban J connectivity index is 0. The lowest BCUT2D eigenvalue weighted by Crippen LogP contribution is -1.70.